The lowest BCUT2D eigenvalue weighted by molar-refractivity contribution is 0.0372. The predicted molar refractivity (Wildman–Crippen MR) is 80.8 cm³/mol. The molecule has 100 valence electrons. The summed E-state index contributed by atoms with van der Waals surface area (Å²) in [6.07, 6.45) is -0.216. The molecule has 3 nitrogen and oxygen atoms in total. The van der Waals surface area contributed by atoms with E-state index >= 15 is 0 Å². The van der Waals surface area contributed by atoms with Gasteiger partial charge in [0.05, 0.1) is 11.0 Å². The molecule has 0 spiro atoms. The number of halogens is 2. The molecule has 6 heteroatoms. The van der Waals surface area contributed by atoms with Crippen molar-refractivity contribution < 1.29 is 13.9 Å². The number of aromatic nitrogens is 1. The Balaban J connectivity index is 2.44. The average Bonchev–Trinajstić information content (AvgIpc) is 2.70. The Morgan fingerprint density at radius 1 is 1.47 bits per heavy atom. The van der Waals surface area contributed by atoms with Crippen molar-refractivity contribution in [3.8, 4) is 10.4 Å². The Hall–Kier alpha value is -1.02. The Labute approximate surface area is 128 Å². The van der Waals surface area contributed by atoms with Crippen LogP contribution in [0.1, 0.15) is 24.3 Å². The molecule has 0 radical (unpaired) electrons. The molecule has 0 N–H and O–H groups in total. The van der Waals surface area contributed by atoms with Crippen LogP contribution in [0.25, 0.3) is 10.4 Å². The number of esters is 1. The molecule has 0 bridgehead atoms. The maximum absolute atomic E-state index is 13.3. The molecule has 0 amide bonds. The van der Waals surface area contributed by atoms with E-state index in [2.05, 4.69) is 4.98 Å². The third kappa shape index (κ3) is 3.50. The van der Waals surface area contributed by atoms with Crippen molar-refractivity contribution in [1.29, 1.82) is 0 Å². The van der Waals surface area contributed by atoms with E-state index in [-0.39, 0.29) is 17.6 Å². The highest BCUT2D eigenvalue weighted by atomic mass is 127. The van der Waals surface area contributed by atoms with Crippen LogP contribution in [0.2, 0.25) is 0 Å². The monoisotopic (exact) mass is 391 g/mol. The van der Waals surface area contributed by atoms with Crippen LogP contribution in [-0.2, 0) is 4.74 Å². The van der Waals surface area contributed by atoms with Gasteiger partial charge < -0.3 is 4.74 Å². The topological polar surface area (TPSA) is 39.2 Å². The van der Waals surface area contributed by atoms with Crippen LogP contribution in [0.15, 0.2) is 24.3 Å². The molecule has 0 aliphatic carbocycles. The lowest BCUT2D eigenvalue weighted by Crippen LogP contribution is -2.12. The second-order valence-corrected chi connectivity index (χ2v) is 6.86. The van der Waals surface area contributed by atoms with Gasteiger partial charge in [0.25, 0.3) is 0 Å². The second-order valence-electron chi connectivity index (χ2n) is 4.11. The van der Waals surface area contributed by atoms with Gasteiger partial charge in [-0.15, -0.1) is 11.3 Å². The molecule has 0 unspecified atom stereocenters. The molecule has 2 rings (SSSR count). The number of hydrogen-bond acceptors (Lipinski definition) is 4. The lowest BCUT2D eigenvalue weighted by atomic mass is 10.1. The molecule has 0 saturated heterocycles. The van der Waals surface area contributed by atoms with Gasteiger partial charge >= 0.3 is 5.97 Å². The van der Waals surface area contributed by atoms with Crippen molar-refractivity contribution >= 4 is 39.9 Å². The van der Waals surface area contributed by atoms with E-state index in [1.54, 1.807) is 26.0 Å². The molecule has 0 fully saturated rings. The maximum atomic E-state index is 13.3. The number of ether oxygens (including phenoxy) is 1. The largest absolute Gasteiger partial charge is 0.458 e. The summed E-state index contributed by atoms with van der Waals surface area (Å²) in [5.41, 5.74) is 0.879. The van der Waals surface area contributed by atoms with Gasteiger partial charge in [-0.3, -0.25) is 0 Å². The highest BCUT2D eigenvalue weighted by Gasteiger charge is 2.21. The Kier molecular flexibility index (Phi) is 4.51. The Morgan fingerprint density at radius 3 is 2.84 bits per heavy atom. The number of nitrogens with zero attached hydrogens (tertiary/aromatic N) is 1. The molecule has 0 saturated carbocycles. The molecular weight excluding hydrogens is 380 g/mol. The van der Waals surface area contributed by atoms with Crippen LogP contribution >= 0.6 is 33.9 Å². The van der Waals surface area contributed by atoms with Gasteiger partial charge in [0, 0.05) is 0 Å². The standard InChI is InChI=1S/C13H11FINO2S/c1-7(2)18-12(17)10-11(19-13(15)16-10)8-4-3-5-9(14)6-8/h3-7H,1-2H3. The smallest absolute Gasteiger partial charge is 0.358 e. The van der Waals surface area contributed by atoms with Crippen molar-refractivity contribution in [2.75, 3.05) is 0 Å². The molecule has 1 aromatic carbocycles. The van der Waals surface area contributed by atoms with Crippen molar-refractivity contribution in [1.82, 2.24) is 4.98 Å². The Morgan fingerprint density at radius 2 is 2.21 bits per heavy atom. The van der Waals surface area contributed by atoms with E-state index < -0.39 is 5.97 Å². The molecule has 2 aromatic rings. The molecular formula is C13H11FINO2S. The number of benzene rings is 1. The fourth-order valence-electron chi connectivity index (χ4n) is 1.53. The zero-order chi connectivity index (χ0) is 14.0. The van der Waals surface area contributed by atoms with Gasteiger partial charge in [0.2, 0.25) is 0 Å². The van der Waals surface area contributed by atoms with Crippen LogP contribution in [0.5, 0.6) is 0 Å². The van der Waals surface area contributed by atoms with Gasteiger partial charge in [-0.05, 0) is 54.1 Å². The fraction of sp³-hybridized carbons (Fsp3) is 0.231. The number of hydrogen-bond donors (Lipinski definition) is 0. The minimum absolute atomic E-state index is 0.216. The molecule has 1 aromatic heterocycles. The number of carbonyl (C=O) groups is 1. The summed E-state index contributed by atoms with van der Waals surface area (Å²) in [7, 11) is 0. The van der Waals surface area contributed by atoms with Crippen LogP contribution in [-0.4, -0.2) is 17.1 Å². The maximum Gasteiger partial charge on any atom is 0.358 e. The molecule has 0 atom stereocenters. The minimum Gasteiger partial charge on any atom is -0.458 e. The van der Waals surface area contributed by atoms with E-state index in [4.69, 9.17) is 4.74 Å². The minimum atomic E-state index is -0.478. The van der Waals surface area contributed by atoms with Gasteiger partial charge in [-0.1, -0.05) is 12.1 Å². The first-order valence-corrected chi connectivity index (χ1v) is 7.50. The number of carbonyl (C=O) groups excluding carboxylic acids is 1. The zero-order valence-corrected chi connectivity index (χ0v) is 13.3. The van der Waals surface area contributed by atoms with E-state index in [1.165, 1.54) is 23.5 Å². The van der Waals surface area contributed by atoms with Crippen LogP contribution in [0, 0.1) is 8.83 Å². The first-order chi connectivity index (χ1) is 8.97. The predicted octanol–water partition coefficient (Wildman–Crippen LogP) is 4.12. The SMILES string of the molecule is CC(C)OC(=O)c1nc(I)sc1-c1cccc(F)c1. The fourth-order valence-corrected chi connectivity index (χ4v) is 3.21. The third-order valence-corrected chi connectivity index (χ3v) is 4.02. The average molecular weight is 391 g/mol. The van der Waals surface area contributed by atoms with Gasteiger partial charge in [-0.25, -0.2) is 14.2 Å². The molecule has 0 aliphatic heterocycles. The summed E-state index contributed by atoms with van der Waals surface area (Å²) in [6, 6.07) is 6.10. The molecule has 19 heavy (non-hydrogen) atoms. The van der Waals surface area contributed by atoms with Crippen molar-refractivity contribution in [3.05, 3.63) is 38.8 Å². The zero-order valence-electron chi connectivity index (χ0n) is 10.3. The second kappa shape index (κ2) is 5.96. The summed E-state index contributed by atoms with van der Waals surface area (Å²) >= 11 is 3.37. The summed E-state index contributed by atoms with van der Waals surface area (Å²) in [5.74, 6) is -0.822. The molecule has 0 aliphatic rings. The number of rotatable bonds is 3. The van der Waals surface area contributed by atoms with E-state index in [9.17, 15) is 9.18 Å². The van der Waals surface area contributed by atoms with Crippen molar-refractivity contribution in [3.63, 3.8) is 0 Å². The summed E-state index contributed by atoms with van der Waals surface area (Å²) in [6.45, 7) is 3.55. The van der Waals surface area contributed by atoms with Crippen LogP contribution in [0.3, 0.4) is 0 Å². The van der Waals surface area contributed by atoms with Gasteiger partial charge in [0.1, 0.15) is 5.82 Å². The van der Waals surface area contributed by atoms with Crippen LogP contribution < -0.4 is 0 Å². The van der Waals surface area contributed by atoms with Crippen molar-refractivity contribution in [2.24, 2.45) is 0 Å². The third-order valence-electron chi connectivity index (χ3n) is 2.22. The summed E-state index contributed by atoms with van der Waals surface area (Å²) < 4.78 is 19.1. The Bertz CT molecular complexity index is 612. The summed E-state index contributed by atoms with van der Waals surface area (Å²) in [4.78, 5) is 16.8. The summed E-state index contributed by atoms with van der Waals surface area (Å²) in [5, 5.41) is 0. The highest BCUT2D eigenvalue weighted by Crippen LogP contribution is 2.32. The van der Waals surface area contributed by atoms with Gasteiger partial charge in [-0.2, -0.15) is 0 Å². The van der Waals surface area contributed by atoms with E-state index in [0.717, 1.165) is 0 Å². The lowest BCUT2D eigenvalue weighted by Gasteiger charge is -2.07. The first kappa shape index (κ1) is 14.4. The normalized spacial score (nSPS) is 10.8. The quantitative estimate of drug-likeness (QED) is 0.584. The first-order valence-electron chi connectivity index (χ1n) is 5.60. The van der Waals surface area contributed by atoms with Crippen LogP contribution in [0.4, 0.5) is 4.39 Å². The number of thiazole rings is 1. The van der Waals surface area contributed by atoms with E-state index in [1.807, 2.05) is 22.6 Å². The molecule has 1 heterocycles. The van der Waals surface area contributed by atoms with Crippen molar-refractivity contribution in [2.45, 2.75) is 20.0 Å². The van der Waals surface area contributed by atoms with E-state index in [0.29, 0.717) is 13.5 Å². The highest BCUT2D eigenvalue weighted by molar-refractivity contribution is 14.1. The van der Waals surface area contributed by atoms with Gasteiger partial charge in [0.15, 0.2) is 8.71 Å².